The van der Waals surface area contributed by atoms with E-state index in [0.717, 1.165) is 6.08 Å². The number of aliphatic hydroxyl groups excluding tert-OH is 1. The molecule has 0 bridgehead atoms. The zero-order chi connectivity index (χ0) is 28.4. The Morgan fingerprint density at radius 1 is 1.13 bits per heavy atom. The van der Waals surface area contributed by atoms with Crippen LogP contribution in [0.25, 0.3) is 6.08 Å². The van der Waals surface area contributed by atoms with Gasteiger partial charge in [-0.15, -0.1) is 0 Å². The van der Waals surface area contributed by atoms with Gasteiger partial charge in [0.1, 0.15) is 25.1 Å². The van der Waals surface area contributed by atoms with Crippen molar-refractivity contribution in [1.29, 1.82) is 0 Å². The number of hydrogen-bond donors (Lipinski definition) is 3. The average Bonchev–Trinajstić information content (AvgIpc) is 3.38. The summed E-state index contributed by atoms with van der Waals surface area (Å²) in [7, 11) is 0. The standard InChI is InChI=1S/C25H27F3N2O9/c26-25(27,28)13-36-21(33)5-4-15-2-1-3-16(10-15)24(35)39-19-12-17(11-18-22(19)38-14-37-18)23(34)30-7-6-20(32)29-8-9-31/h1-5,10-11,18-19,22,31H,6-9,12-14H2,(H,29,32)(H,30,34)/t18-,19-,22-/m1/s1. The Labute approximate surface area is 220 Å². The van der Waals surface area contributed by atoms with E-state index in [2.05, 4.69) is 15.4 Å². The second-order valence-electron chi connectivity index (χ2n) is 8.48. The van der Waals surface area contributed by atoms with Crippen LogP contribution in [0.15, 0.2) is 42.0 Å². The van der Waals surface area contributed by atoms with Gasteiger partial charge in [-0.05, 0) is 29.8 Å². The molecule has 0 saturated carbocycles. The number of rotatable bonds is 11. The molecule has 2 aliphatic rings. The van der Waals surface area contributed by atoms with Gasteiger partial charge in [-0.25, -0.2) is 9.59 Å². The lowest BCUT2D eigenvalue weighted by atomic mass is 9.91. The molecule has 3 rings (SSSR count). The van der Waals surface area contributed by atoms with Crippen LogP contribution in [0.3, 0.4) is 0 Å². The smallest absolute Gasteiger partial charge is 0.422 e. The third-order valence-electron chi connectivity index (χ3n) is 5.53. The van der Waals surface area contributed by atoms with Crippen LogP contribution in [0.4, 0.5) is 13.2 Å². The molecular weight excluding hydrogens is 529 g/mol. The molecule has 11 nitrogen and oxygen atoms in total. The molecule has 0 unspecified atom stereocenters. The summed E-state index contributed by atoms with van der Waals surface area (Å²) < 4.78 is 57.2. The van der Waals surface area contributed by atoms with E-state index in [1.54, 1.807) is 6.08 Å². The van der Waals surface area contributed by atoms with Crippen LogP contribution < -0.4 is 10.6 Å². The molecule has 1 aliphatic carbocycles. The molecule has 2 amide bonds. The molecule has 39 heavy (non-hydrogen) atoms. The zero-order valence-corrected chi connectivity index (χ0v) is 20.6. The van der Waals surface area contributed by atoms with Gasteiger partial charge in [0.25, 0.3) is 0 Å². The third-order valence-corrected chi connectivity index (χ3v) is 5.53. The molecule has 0 aromatic heterocycles. The maximum atomic E-state index is 12.9. The van der Waals surface area contributed by atoms with E-state index < -0.39 is 48.9 Å². The summed E-state index contributed by atoms with van der Waals surface area (Å²) in [5.74, 6) is -2.76. The maximum absolute atomic E-state index is 12.9. The second-order valence-corrected chi connectivity index (χ2v) is 8.48. The lowest BCUT2D eigenvalue weighted by molar-refractivity contribution is -0.182. The van der Waals surface area contributed by atoms with Crippen molar-refractivity contribution in [3.63, 3.8) is 0 Å². The van der Waals surface area contributed by atoms with E-state index in [4.69, 9.17) is 19.3 Å². The molecule has 1 saturated heterocycles. The highest BCUT2D eigenvalue weighted by Gasteiger charge is 2.42. The number of carbonyl (C=O) groups excluding carboxylic acids is 4. The number of amides is 2. The lowest BCUT2D eigenvalue weighted by Gasteiger charge is -2.30. The van der Waals surface area contributed by atoms with Gasteiger partial charge in [-0.3, -0.25) is 9.59 Å². The Hall–Kier alpha value is -3.75. The molecule has 0 spiro atoms. The second kappa shape index (κ2) is 13.9. The van der Waals surface area contributed by atoms with Gasteiger partial charge in [0.2, 0.25) is 11.8 Å². The average molecular weight is 556 g/mol. The first-order chi connectivity index (χ1) is 18.6. The summed E-state index contributed by atoms with van der Waals surface area (Å²) in [5, 5.41) is 13.8. The van der Waals surface area contributed by atoms with Crippen LogP contribution in [-0.2, 0) is 33.3 Å². The summed E-state index contributed by atoms with van der Waals surface area (Å²) in [5.41, 5.74) is 0.702. The van der Waals surface area contributed by atoms with Crippen molar-refractivity contribution in [3.8, 4) is 0 Å². The number of fused-ring (bicyclic) bond motifs is 1. The molecule has 1 aromatic carbocycles. The minimum atomic E-state index is -4.65. The summed E-state index contributed by atoms with van der Waals surface area (Å²) in [6.45, 7) is -1.82. The molecular formula is C25H27F3N2O9. The molecule has 1 heterocycles. The number of carbonyl (C=O) groups is 4. The summed E-state index contributed by atoms with van der Waals surface area (Å²) in [4.78, 5) is 48.6. The van der Waals surface area contributed by atoms with Crippen molar-refractivity contribution in [2.24, 2.45) is 0 Å². The fourth-order valence-electron chi connectivity index (χ4n) is 3.75. The maximum Gasteiger partial charge on any atom is 0.422 e. The summed E-state index contributed by atoms with van der Waals surface area (Å²) >= 11 is 0. The Bertz CT molecular complexity index is 1120. The van der Waals surface area contributed by atoms with Gasteiger partial charge in [0, 0.05) is 37.6 Å². The number of aliphatic hydroxyl groups is 1. The SMILES string of the molecule is O=C(CCNC(=O)C1=C[C@H]2OCO[C@H]2[C@H](OC(=O)c2cccc(C=CC(=O)OCC(F)(F)F)c2)C1)NCCO. The number of halogens is 3. The highest BCUT2D eigenvalue weighted by atomic mass is 19.4. The van der Waals surface area contributed by atoms with Crippen LogP contribution in [0, 0.1) is 0 Å². The van der Waals surface area contributed by atoms with Gasteiger partial charge in [0.05, 0.1) is 12.2 Å². The van der Waals surface area contributed by atoms with Crippen molar-refractivity contribution < 1.29 is 56.4 Å². The first-order valence-electron chi connectivity index (χ1n) is 11.9. The van der Waals surface area contributed by atoms with Crippen molar-refractivity contribution in [1.82, 2.24) is 10.6 Å². The van der Waals surface area contributed by atoms with E-state index >= 15 is 0 Å². The molecule has 1 aromatic rings. The van der Waals surface area contributed by atoms with Gasteiger partial charge in [0.15, 0.2) is 6.61 Å². The highest BCUT2D eigenvalue weighted by molar-refractivity contribution is 5.94. The number of ether oxygens (including phenoxy) is 4. The van der Waals surface area contributed by atoms with Crippen molar-refractivity contribution in [2.45, 2.75) is 37.3 Å². The van der Waals surface area contributed by atoms with Crippen LogP contribution >= 0.6 is 0 Å². The topological polar surface area (TPSA) is 149 Å². The quantitative estimate of drug-likeness (QED) is 0.268. The molecule has 14 heteroatoms. The van der Waals surface area contributed by atoms with E-state index in [1.807, 2.05) is 0 Å². The number of alkyl halides is 3. The monoisotopic (exact) mass is 556 g/mol. The Balaban J connectivity index is 1.59. The predicted octanol–water partition coefficient (Wildman–Crippen LogP) is 1.02. The van der Waals surface area contributed by atoms with E-state index in [1.165, 1.54) is 30.3 Å². The van der Waals surface area contributed by atoms with E-state index in [0.29, 0.717) is 5.56 Å². The fraction of sp³-hybridized carbons (Fsp3) is 0.440. The molecule has 212 valence electrons. The van der Waals surface area contributed by atoms with E-state index in [9.17, 15) is 32.3 Å². The van der Waals surface area contributed by atoms with Crippen molar-refractivity contribution in [2.75, 3.05) is 33.1 Å². The third kappa shape index (κ3) is 9.50. The molecule has 0 radical (unpaired) electrons. The minimum absolute atomic E-state index is 0.00787. The van der Waals surface area contributed by atoms with Crippen molar-refractivity contribution >= 4 is 29.8 Å². The normalized spacial score (nSPS) is 20.6. The van der Waals surface area contributed by atoms with Gasteiger partial charge < -0.3 is 34.7 Å². The zero-order valence-electron chi connectivity index (χ0n) is 20.6. The van der Waals surface area contributed by atoms with Crippen LogP contribution in [0.2, 0.25) is 0 Å². The predicted molar refractivity (Wildman–Crippen MR) is 127 cm³/mol. The molecule has 3 N–H and O–H groups in total. The summed E-state index contributed by atoms with van der Waals surface area (Å²) in [6.07, 6.45) is -3.22. The largest absolute Gasteiger partial charge is 0.456 e. The van der Waals surface area contributed by atoms with Crippen LogP contribution in [-0.4, -0.2) is 86.4 Å². The number of hydrogen-bond acceptors (Lipinski definition) is 9. The Morgan fingerprint density at radius 2 is 1.92 bits per heavy atom. The first-order valence-corrected chi connectivity index (χ1v) is 11.9. The number of esters is 2. The Kier molecular flexibility index (Phi) is 10.6. The number of benzene rings is 1. The first kappa shape index (κ1) is 29.8. The molecule has 1 aliphatic heterocycles. The van der Waals surface area contributed by atoms with Crippen molar-refractivity contribution in [3.05, 3.63) is 53.1 Å². The highest BCUT2D eigenvalue weighted by Crippen LogP contribution is 2.30. The van der Waals surface area contributed by atoms with Crippen LogP contribution in [0.5, 0.6) is 0 Å². The fourth-order valence-corrected chi connectivity index (χ4v) is 3.75. The van der Waals surface area contributed by atoms with Crippen LogP contribution in [0.1, 0.15) is 28.8 Å². The van der Waals surface area contributed by atoms with Gasteiger partial charge >= 0.3 is 18.1 Å². The van der Waals surface area contributed by atoms with Gasteiger partial charge in [-0.1, -0.05) is 12.1 Å². The molecule has 3 atom stereocenters. The number of nitrogens with one attached hydrogen (secondary N) is 2. The molecule has 1 fully saturated rings. The lowest BCUT2D eigenvalue weighted by Crippen LogP contribution is -2.43. The Morgan fingerprint density at radius 3 is 2.67 bits per heavy atom. The minimum Gasteiger partial charge on any atom is -0.456 e. The summed E-state index contributed by atoms with van der Waals surface area (Å²) in [6, 6.07) is 5.82. The van der Waals surface area contributed by atoms with E-state index in [-0.39, 0.29) is 56.4 Å². The van der Waals surface area contributed by atoms with Gasteiger partial charge in [-0.2, -0.15) is 13.2 Å².